The van der Waals surface area contributed by atoms with Crippen LogP contribution in [0.15, 0.2) is 30.3 Å². The van der Waals surface area contributed by atoms with Gasteiger partial charge < -0.3 is 19.9 Å². The van der Waals surface area contributed by atoms with Crippen LogP contribution in [0.2, 0.25) is 0 Å². The maximum absolute atomic E-state index is 11.9. The predicted molar refractivity (Wildman–Crippen MR) is 88.6 cm³/mol. The van der Waals surface area contributed by atoms with Gasteiger partial charge in [-0.05, 0) is 45.7 Å². The molecule has 6 nitrogen and oxygen atoms in total. The van der Waals surface area contributed by atoms with Gasteiger partial charge in [-0.15, -0.1) is 0 Å². The summed E-state index contributed by atoms with van der Waals surface area (Å²) < 4.78 is 10.5. The number of carbonyl (C=O) groups excluding carboxylic acids is 2. The molecule has 1 saturated carbocycles. The minimum Gasteiger partial charge on any atom is -0.462 e. The van der Waals surface area contributed by atoms with E-state index in [2.05, 4.69) is 5.32 Å². The molecule has 1 aromatic rings. The van der Waals surface area contributed by atoms with Crippen molar-refractivity contribution in [3.63, 3.8) is 0 Å². The Kier molecular flexibility index (Phi) is 5.83. The van der Waals surface area contributed by atoms with Crippen molar-refractivity contribution in [3.05, 3.63) is 35.9 Å². The van der Waals surface area contributed by atoms with E-state index in [9.17, 15) is 14.7 Å². The van der Waals surface area contributed by atoms with Crippen molar-refractivity contribution in [2.45, 2.75) is 51.4 Å². The number of benzene rings is 1. The fourth-order valence-corrected chi connectivity index (χ4v) is 2.71. The van der Waals surface area contributed by atoms with E-state index in [1.807, 2.05) is 6.07 Å². The first-order chi connectivity index (χ1) is 11.2. The number of alkyl carbamates (subject to hydrolysis) is 1. The lowest BCUT2D eigenvalue weighted by Gasteiger charge is -2.21. The second-order valence-corrected chi connectivity index (χ2v) is 7.11. The molecule has 1 fully saturated rings. The second kappa shape index (κ2) is 7.66. The van der Waals surface area contributed by atoms with E-state index >= 15 is 0 Å². The molecule has 24 heavy (non-hydrogen) atoms. The Balaban J connectivity index is 1.79. The van der Waals surface area contributed by atoms with Crippen LogP contribution in [0.1, 0.15) is 44.0 Å². The van der Waals surface area contributed by atoms with Crippen LogP contribution in [0.25, 0.3) is 0 Å². The summed E-state index contributed by atoms with van der Waals surface area (Å²) >= 11 is 0. The third-order valence-corrected chi connectivity index (χ3v) is 3.82. The van der Waals surface area contributed by atoms with Crippen molar-refractivity contribution in [3.8, 4) is 0 Å². The van der Waals surface area contributed by atoms with E-state index in [-0.39, 0.29) is 18.6 Å². The summed E-state index contributed by atoms with van der Waals surface area (Å²) in [7, 11) is 0. The Labute approximate surface area is 142 Å². The second-order valence-electron chi connectivity index (χ2n) is 7.11. The number of aliphatic hydroxyl groups excluding tert-OH is 1. The van der Waals surface area contributed by atoms with Crippen molar-refractivity contribution in [2.75, 3.05) is 6.61 Å². The SMILES string of the molecule is CC(C)(C)OC(=O)N[C@@H]1C[C@H](COC(=O)c2ccccc2)[C@@H](O)C1. The normalized spacial score (nSPS) is 23.6. The van der Waals surface area contributed by atoms with Crippen LogP contribution in [0.3, 0.4) is 0 Å². The van der Waals surface area contributed by atoms with Gasteiger partial charge >= 0.3 is 12.1 Å². The van der Waals surface area contributed by atoms with Gasteiger partial charge in [0.1, 0.15) is 5.60 Å². The number of nitrogens with one attached hydrogen (secondary N) is 1. The van der Waals surface area contributed by atoms with E-state index in [1.165, 1.54) is 0 Å². The molecule has 0 bridgehead atoms. The number of carbonyl (C=O) groups is 2. The standard InChI is InChI=1S/C18H25NO5/c1-18(2,3)24-17(22)19-14-9-13(15(20)10-14)11-23-16(21)12-7-5-4-6-8-12/h4-8,13-15,20H,9-11H2,1-3H3,(H,19,22)/t13-,14-,15+/m1/s1. The van der Waals surface area contributed by atoms with Crippen molar-refractivity contribution >= 4 is 12.1 Å². The first-order valence-corrected chi connectivity index (χ1v) is 8.14. The van der Waals surface area contributed by atoms with Crippen molar-refractivity contribution in [2.24, 2.45) is 5.92 Å². The molecule has 1 amide bonds. The average Bonchev–Trinajstić information content (AvgIpc) is 2.83. The minimum absolute atomic E-state index is 0.126. The highest BCUT2D eigenvalue weighted by Gasteiger charge is 2.35. The molecule has 0 aliphatic heterocycles. The zero-order valence-corrected chi connectivity index (χ0v) is 14.3. The Morgan fingerprint density at radius 1 is 1.21 bits per heavy atom. The average molecular weight is 335 g/mol. The van der Waals surface area contributed by atoms with Gasteiger partial charge in [0.25, 0.3) is 0 Å². The maximum Gasteiger partial charge on any atom is 0.407 e. The Bertz CT molecular complexity index is 567. The fourth-order valence-electron chi connectivity index (χ4n) is 2.71. The molecule has 0 heterocycles. The fraction of sp³-hybridized carbons (Fsp3) is 0.556. The number of hydrogen-bond donors (Lipinski definition) is 2. The van der Waals surface area contributed by atoms with Crippen LogP contribution >= 0.6 is 0 Å². The van der Waals surface area contributed by atoms with Gasteiger partial charge in [-0.2, -0.15) is 0 Å². The molecule has 1 aromatic carbocycles. The summed E-state index contributed by atoms with van der Waals surface area (Å²) in [6.07, 6.45) is -0.148. The highest BCUT2D eigenvalue weighted by atomic mass is 16.6. The lowest BCUT2D eigenvalue weighted by molar-refractivity contribution is 0.0302. The molecule has 1 aliphatic rings. The molecule has 2 rings (SSSR count). The molecule has 132 valence electrons. The smallest absolute Gasteiger partial charge is 0.407 e. The maximum atomic E-state index is 11.9. The summed E-state index contributed by atoms with van der Waals surface area (Å²) in [6, 6.07) is 8.53. The number of rotatable bonds is 4. The molecular weight excluding hydrogens is 310 g/mol. The number of hydrogen-bond acceptors (Lipinski definition) is 5. The zero-order chi connectivity index (χ0) is 17.7. The quantitative estimate of drug-likeness (QED) is 0.826. The number of amides is 1. The van der Waals surface area contributed by atoms with E-state index in [0.717, 1.165) is 0 Å². The van der Waals surface area contributed by atoms with Crippen molar-refractivity contribution in [1.82, 2.24) is 5.32 Å². The number of esters is 1. The lowest BCUT2D eigenvalue weighted by Crippen LogP contribution is -2.38. The van der Waals surface area contributed by atoms with E-state index < -0.39 is 23.8 Å². The summed E-state index contributed by atoms with van der Waals surface area (Å²) in [5.74, 6) is -0.607. The number of aliphatic hydroxyl groups is 1. The van der Waals surface area contributed by atoms with Gasteiger partial charge in [0.05, 0.1) is 18.3 Å². The highest BCUT2D eigenvalue weighted by Crippen LogP contribution is 2.27. The van der Waals surface area contributed by atoms with Gasteiger partial charge in [0.2, 0.25) is 0 Å². The third kappa shape index (κ3) is 5.53. The highest BCUT2D eigenvalue weighted by molar-refractivity contribution is 5.89. The van der Waals surface area contributed by atoms with Gasteiger partial charge in [0, 0.05) is 12.0 Å². The monoisotopic (exact) mass is 335 g/mol. The molecule has 2 N–H and O–H groups in total. The first-order valence-electron chi connectivity index (χ1n) is 8.14. The lowest BCUT2D eigenvalue weighted by atomic mass is 10.1. The predicted octanol–water partition coefficient (Wildman–Crippen LogP) is 2.51. The molecule has 0 radical (unpaired) electrons. The molecule has 0 unspecified atom stereocenters. The summed E-state index contributed by atoms with van der Waals surface area (Å²) in [5.41, 5.74) is -0.0836. The summed E-state index contributed by atoms with van der Waals surface area (Å²) in [5, 5.41) is 12.9. The van der Waals surface area contributed by atoms with Crippen LogP contribution in [0.5, 0.6) is 0 Å². The Hall–Kier alpha value is -2.08. The zero-order valence-electron chi connectivity index (χ0n) is 14.3. The third-order valence-electron chi connectivity index (χ3n) is 3.82. The summed E-state index contributed by atoms with van der Waals surface area (Å²) in [6.45, 7) is 5.51. The molecule has 0 saturated heterocycles. The van der Waals surface area contributed by atoms with Crippen LogP contribution in [0, 0.1) is 5.92 Å². The molecule has 6 heteroatoms. The molecular formula is C18H25NO5. The van der Waals surface area contributed by atoms with Gasteiger partial charge in [-0.3, -0.25) is 0 Å². The Morgan fingerprint density at radius 2 is 1.88 bits per heavy atom. The van der Waals surface area contributed by atoms with E-state index in [0.29, 0.717) is 18.4 Å². The molecule has 3 atom stereocenters. The minimum atomic E-state index is -0.617. The van der Waals surface area contributed by atoms with Crippen LogP contribution in [-0.2, 0) is 9.47 Å². The largest absolute Gasteiger partial charge is 0.462 e. The van der Waals surface area contributed by atoms with Crippen molar-refractivity contribution < 1.29 is 24.2 Å². The molecule has 1 aliphatic carbocycles. The molecule has 0 aromatic heterocycles. The summed E-state index contributed by atoms with van der Waals surface area (Å²) in [4.78, 5) is 23.7. The van der Waals surface area contributed by atoms with Crippen LogP contribution in [-0.4, -0.2) is 41.5 Å². The van der Waals surface area contributed by atoms with E-state index in [1.54, 1.807) is 45.0 Å². The number of ether oxygens (including phenoxy) is 2. The van der Waals surface area contributed by atoms with Gasteiger partial charge in [0.15, 0.2) is 0 Å². The van der Waals surface area contributed by atoms with E-state index in [4.69, 9.17) is 9.47 Å². The molecule has 0 spiro atoms. The Morgan fingerprint density at radius 3 is 2.50 bits per heavy atom. The van der Waals surface area contributed by atoms with Gasteiger partial charge in [-0.25, -0.2) is 9.59 Å². The topological polar surface area (TPSA) is 84.9 Å². The van der Waals surface area contributed by atoms with Gasteiger partial charge in [-0.1, -0.05) is 18.2 Å². The first kappa shape index (κ1) is 18.3. The van der Waals surface area contributed by atoms with Crippen LogP contribution in [0.4, 0.5) is 4.79 Å². The van der Waals surface area contributed by atoms with Crippen molar-refractivity contribution in [1.29, 1.82) is 0 Å². The van der Waals surface area contributed by atoms with Crippen LogP contribution < -0.4 is 5.32 Å².